The summed E-state index contributed by atoms with van der Waals surface area (Å²) in [5.74, 6) is -1.93. The summed E-state index contributed by atoms with van der Waals surface area (Å²) in [6, 6.07) is 3.79. The number of nitrogens with one attached hydrogen (secondary N) is 1. The second-order valence-corrected chi connectivity index (χ2v) is 5.85. The number of carbonyl (C=O) groups is 1. The van der Waals surface area contributed by atoms with Gasteiger partial charge >= 0.3 is 0 Å². The lowest BCUT2D eigenvalue weighted by Crippen LogP contribution is -2.46. The molecule has 0 bridgehead atoms. The van der Waals surface area contributed by atoms with Crippen LogP contribution in [0.4, 0.5) is 8.78 Å². The van der Waals surface area contributed by atoms with Gasteiger partial charge < -0.3 is 11.1 Å². The Morgan fingerprint density at radius 1 is 1.37 bits per heavy atom. The molecule has 0 spiro atoms. The number of benzene rings is 1. The molecule has 5 heteroatoms. The Morgan fingerprint density at radius 2 is 2.00 bits per heavy atom. The highest BCUT2D eigenvalue weighted by Gasteiger charge is 2.46. The Bertz CT molecular complexity index is 510. The van der Waals surface area contributed by atoms with E-state index >= 15 is 0 Å². The molecule has 1 aromatic rings. The van der Waals surface area contributed by atoms with E-state index in [1.807, 2.05) is 13.8 Å². The fourth-order valence-electron chi connectivity index (χ4n) is 1.86. The van der Waals surface area contributed by atoms with Gasteiger partial charge in [0.2, 0.25) is 5.91 Å². The van der Waals surface area contributed by atoms with Crippen LogP contribution in [0.5, 0.6) is 0 Å². The molecule has 0 atom stereocenters. The summed E-state index contributed by atoms with van der Waals surface area (Å²) in [7, 11) is 0. The predicted octanol–water partition coefficient (Wildman–Crippen LogP) is 1.85. The van der Waals surface area contributed by atoms with E-state index in [9.17, 15) is 13.6 Å². The van der Waals surface area contributed by atoms with E-state index in [-0.39, 0.29) is 5.91 Å². The first-order chi connectivity index (χ1) is 8.74. The molecule has 1 saturated carbocycles. The highest BCUT2D eigenvalue weighted by molar-refractivity contribution is 5.89. The van der Waals surface area contributed by atoms with Crippen molar-refractivity contribution in [2.24, 2.45) is 5.73 Å². The monoisotopic (exact) mass is 268 g/mol. The molecule has 0 aliphatic heterocycles. The fraction of sp³-hybridized carbons (Fsp3) is 0.500. The van der Waals surface area contributed by atoms with Crippen LogP contribution in [0.25, 0.3) is 0 Å². The zero-order valence-corrected chi connectivity index (χ0v) is 11.1. The van der Waals surface area contributed by atoms with E-state index in [1.54, 1.807) is 0 Å². The van der Waals surface area contributed by atoms with Gasteiger partial charge in [0.05, 0.1) is 5.54 Å². The molecule has 1 aliphatic rings. The molecule has 1 aliphatic carbocycles. The fourth-order valence-corrected chi connectivity index (χ4v) is 1.86. The van der Waals surface area contributed by atoms with Crippen LogP contribution < -0.4 is 11.1 Å². The molecule has 2 rings (SSSR count). The third kappa shape index (κ3) is 2.92. The number of hydrogen-bond acceptors (Lipinski definition) is 2. The molecular weight excluding hydrogens is 250 g/mol. The highest BCUT2D eigenvalue weighted by Crippen LogP contribution is 2.32. The standard InChI is InChI=1S/C14H18F2N2O/c1-13(2,8-18-12(19)14(17)5-6-14)9-3-4-10(15)11(16)7-9/h3-4,7H,5-6,8,17H2,1-2H3,(H,18,19). The molecule has 1 aromatic carbocycles. The van der Waals surface area contributed by atoms with Gasteiger partial charge in [-0.15, -0.1) is 0 Å². The molecule has 3 N–H and O–H groups in total. The van der Waals surface area contributed by atoms with Gasteiger partial charge in [-0.3, -0.25) is 4.79 Å². The van der Waals surface area contributed by atoms with Gasteiger partial charge in [0.25, 0.3) is 0 Å². The average molecular weight is 268 g/mol. The summed E-state index contributed by atoms with van der Waals surface area (Å²) >= 11 is 0. The SMILES string of the molecule is CC(C)(CNC(=O)C1(N)CC1)c1ccc(F)c(F)c1. The Balaban J connectivity index is 2.04. The number of hydrogen-bond donors (Lipinski definition) is 2. The summed E-state index contributed by atoms with van der Waals surface area (Å²) in [5.41, 5.74) is 5.20. The zero-order chi connectivity index (χ0) is 14.3. The van der Waals surface area contributed by atoms with Crippen molar-refractivity contribution in [3.05, 3.63) is 35.4 Å². The summed E-state index contributed by atoms with van der Waals surface area (Å²) < 4.78 is 26.1. The normalized spacial score (nSPS) is 17.1. The van der Waals surface area contributed by atoms with Crippen molar-refractivity contribution in [2.75, 3.05) is 6.54 Å². The van der Waals surface area contributed by atoms with Crippen LogP contribution in [0.15, 0.2) is 18.2 Å². The van der Waals surface area contributed by atoms with Crippen LogP contribution in [-0.4, -0.2) is 18.0 Å². The van der Waals surface area contributed by atoms with Gasteiger partial charge in [-0.25, -0.2) is 8.78 Å². The van der Waals surface area contributed by atoms with E-state index in [4.69, 9.17) is 5.73 Å². The second-order valence-electron chi connectivity index (χ2n) is 5.85. The van der Waals surface area contributed by atoms with Crippen molar-refractivity contribution in [3.8, 4) is 0 Å². The van der Waals surface area contributed by atoms with Crippen molar-refractivity contribution in [2.45, 2.75) is 37.6 Å². The first-order valence-corrected chi connectivity index (χ1v) is 6.27. The Morgan fingerprint density at radius 3 is 2.53 bits per heavy atom. The molecule has 1 fully saturated rings. The van der Waals surface area contributed by atoms with Crippen LogP contribution in [0.1, 0.15) is 32.3 Å². The van der Waals surface area contributed by atoms with Crippen LogP contribution in [0.2, 0.25) is 0 Å². The summed E-state index contributed by atoms with van der Waals surface area (Å²) in [6.45, 7) is 4.04. The third-order valence-corrected chi connectivity index (χ3v) is 3.63. The maximum absolute atomic E-state index is 13.2. The summed E-state index contributed by atoms with van der Waals surface area (Å²) in [6.07, 6.45) is 1.40. The molecule has 0 heterocycles. The van der Waals surface area contributed by atoms with Crippen LogP contribution in [0, 0.1) is 11.6 Å². The van der Waals surface area contributed by atoms with Crippen molar-refractivity contribution in [3.63, 3.8) is 0 Å². The smallest absolute Gasteiger partial charge is 0.240 e. The number of amides is 1. The largest absolute Gasteiger partial charge is 0.354 e. The Labute approximate surface area is 111 Å². The molecule has 0 aromatic heterocycles. The van der Waals surface area contributed by atoms with Crippen molar-refractivity contribution >= 4 is 5.91 Å². The van der Waals surface area contributed by atoms with Gasteiger partial charge in [-0.2, -0.15) is 0 Å². The van der Waals surface area contributed by atoms with E-state index in [2.05, 4.69) is 5.32 Å². The predicted molar refractivity (Wildman–Crippen MR) is 68.5 cm³/mol. The van der Waals surface area contributed by atoms with Crippen LogP contribution in [-0.2, 0) is 10.2 Å². The number of carbonyl (C=O) groups excluding carboxylic acids is 1. The summed E-state index contributed by atoms with van der Waals surface area (Å²) in [5, 5.41) is 2.78. The van der Waals surface area contributed by atoms with Gasteiger partial charge in [0.15, 0.2) is 11.6 Å². The summed E-state index contributed by atoms with van der Waals surface area (Å²) in [4.78, 5) is 11.8. The van der Waals surface area contributed by atoms with Crippen LogP contribution >= 0.6 is 0 Å². The van der Waals surface area contributed by atoms with Crippen molar-refractivity contribution in [1.82, 2.24) is 5.32 Å². The minimum atomic E-state index is -0.880. The van der Waals surface area contributed by atoms with Gasteiger partial charge in [0, 0.05) is 12.0 Å². The zero-order valence-electron chi connectivity index (χ0n) is 11.1. The maximum Gasteiger partial charge on any atom is 0.240 e. The van der Waals surface area contributed by atoms with E-state index in [1.165, 1.54) is 6.07 Å². The first-order valence-electron chi connectivity index (χ1n) is 6.27. The first kappa shape index (κ1) is 13.9. The minimum Gasteiger partial charge on any atom is -0.354 e. The quantitative estimate of drug-likeness (QED) is 0.875. The third-order valence-electron chi connectivity index (χ3n) is 3.63. The van der Waals surface area contributed by atoms with Gasteiger partial charge in [-0.1, -0.05) is 19.9 Å². The lowest BCUT2D eigenvalue weighted by molar-refractivity contribution is -0.123. The van der Waals surface area contributed by atoms with Gasteiger partial charge in [-0.05, 0) is 30.5 Å². The number of halogens is 2. The molecule has 0 saturated heterocycles. The Hall–Kier alpha value is -1.49. The topological polar surface area (TPSA) is 55.1 Å². The van der Waals surface area contributed by atoms with Crippen molar-refractivity contribution < 1.29 is 13.6 Å². The van der Waals surface area contributed by atoms with Crippen LogP contribution in [0.3, 0.4) is 0 Å². The minimum absolute atomic E-state index is 0.178. The molecular formula is C14H18F2N2O. The highest BCUT2D eigenvalue weighted by atomic mass is 19.2. The number of rotatable bonds is 4. The van der Waals surface area contributed by atoms with E-state index in [0.29, 0.717) is 24.9 Å². The molecule has 0 unspecified atom stereocenters. The molecule has 19 heavy (non-hydrogen) atoms. The van der Waals surface area contributed by atoms with Gasteiger partial charge in [0.1, 0.15) is 0 Å². The second kappa shape index (κ2) is 4.56. The average Bonchev–Trinajstić information content (AvgIpc) is 3.09. The maximum atomic E-state index is 13.2. The van der Waals surface area contributed by atoms with E-state index in [0.717, 1.165) is 12.1 Å². The lowest BCUT2D eigenvalue weighted by atomic mass is 9.84. The molecule has 3 nitrogen and oxygen atoms in total. The Kier molecular flexibility index (Phi) is 3.34. The van der Waals surface area contributed by atoms with E-state index < -0.39 is 22.6 Å². The molecule has 0 radical (unpaired) electrons. The lowest BCUT2D eigenvalue weighted by Gasteiger charge is -2.26. The molecule has 104 valence electrons. The molecule has 1 amide bonds. The van der Waals surface area contributed by atoms with Crippen molar-refractivity contribution in [1.29, 1.82) is 0 Å². The number of nitrogens with two attached hydrogens (primary N) is 1.